The fourth-order valence-corrected chi connectivity index (χ4v) is 2.78. The number of nitrogens with one attached hydrogen (secondary N) is 1. The summed E-state index contributed by atoms with van der Waals surface area (Å²) in [4.78, 5) is 26.5. The van der Waals surface area contributed by atoms with Gasteiger partial charge in [-0.1, -0.05) is 48.5 Å². The van der Waals surface area contributed by atoms with Gasteiger partial charge in [0.05, 0.1) is 6.04 Å². The van der Waals surface area contributed by atoms with E-state index in [-0.39, 0.29) is 23.9 Å². The Hall–Kier alpha value is -2.62. The van der Waals surface area contributed by atoms with Gasteiger partial charge in [0.25, 0.3) is 5.91 Å². The summed E-state index contributed by atoms with van der Waals surface area (Å²) in [5.74, 6) is -0.166. The first-order valence-corrected chi connectivity index (χ1v) is 7.88. The molecule has 0 aliphatic carbocycles. The highest BCUT2D eigenvalue weighted by atomic mass is 16.2. The molecule has 3 rings (SSSR count). The normalized spacial score (nSPS) is 18.0. The Kier molecular flexibility index (Phi) is 4.42. The zero-order chi connectivity index (χ0) is 16.2. The largest absolute Gasteiger partial charge is 0.348 e. The van der Waals surface area contributed by atoms with Gasteiger partial charge >= 0.3 is 0 Å². The summed E-state index contributed by atoms with van der Waals surface area (Å²) >= 11 is 0. The SMILES string of the molecule is CC(NC(=O)C1CCN1C(=O)c1ccccc1)c1ccccc1. The number of rotatable bonds is 4. The second kappa shape index (κ2) is 6.65. The Morgan fingerprint density at radius 1 is 1.04 bits per heavy atom. The Morgan fingerprint density at radius 3 is 2.22 bits per heavy atom. The Balaban J connectivity index is 1.63. The molecule has 2 aromatic carbocycles. The molecule has 0 aromatic heterocycles. The molecule has 4 nitrogen and oxygen atoms in total. The van der Waals surface area contributed by atoms with E-state index in [1.807, 2.05) is 55.5 Å². The van der Waals surface area contributed by atoms with E-state index in [2.05, 4.69) is 5.32 Å². The lowest BCUT2D eigenvalue weighted by molar-refractivity contribution is -0.129. The highest BCUT2D eigenvalue weighted by molar-refractivity contribution is 5.98. The molecule has 0 saturated carbocycles. The molecule has 0 spiro atoms. The molecule has 1 aliphatic rings. The van der Waals surface area contributed by atoms with Crippen LogP contribution in [0.25, 0.3) is 0 Å². The van der Waals surface area contributed by atoms with Crippen molar-refractivity contribution >= 4 is 11.8 Å². The summed E-state index contributed by atoms with van der Waals surface area (Å²) in [7, 11) is 0. The smallest absolute Gasteiger partial charge is 0.254 e. The molecule has 1 saturated heterocycles. The van der Waals surface area contributed by atoms with Crippen molar-refractivity contribution in [3.8, 4) is 0 Å². The van der Waals surface area contributed by atoms with Crippen molar-refractivity contribution in [2.45, 2.75) is 25.4 Å². The van der Waals surface area contributed by atoms with Crippen LogP contribution in [0.15, 0.2) is 60.7 Å². The number of likely N-dealkylation sites (tertiary alicyclic amines) is 1. The summed E-state index contributed by atoms with van der Waals surface area (Å²) in [5.41, 5.74) is 1.68. The molecule has 2 unspecified atom stereocenters. The van der Waals surface area contributed by atoms with Crippen LogP contribution in [0.2, 0.25) is 0 Å². The van der Waals surface area contributed by atoms with Crippen molar-refractivity contribution in [2.75, 3.05) is 6.54 Å². The lowest BCUT2D eigenvalue weighted by atomic mass is 9.99. The van der Waals surface area contributed by atoms with E-state index in [0.717, 1.165) is 5.56 Å². The van der Waals surface area contributed by atoms with Crippen molar-refractivity contribution in [3.63, 3.8) is 0 Å². The van der Waals surface area contributed by atoms with Gasteiger partial charge in [0, 0.05) is 12.1 Å². The molecule has 118 valence electrons. The zero-order valence-corrected chi connectivity index (χ0v) is 13.1. The van der Waals surface area contributed by atoms with Crippen LogP contribution >= 0.6 is 0 Å². The van der Waals surface area contributed by atoms with Crippen LogP contribution in [0.3, 0.4) is 0 Å². The zero-order valence-electron chi connectivity index (χ0n) is 13.1. The first kappa shape index (κ1) is 15.3. The number of nitrogens with zero attached hydrogens (tertiary/aromatic N) is 1. The molecule has 1 N–H and O–H groups in total. The highest BCUT2D eigenvalue weighted by Crippen LogP contribution is 2.22. The summed E-state index contributed by atoms with van der Waals surface area (Å²) in [6.07, 6.45) is 0.714. The first-order chi connectivity index (χ1) is 11.2. The van der Waals surface area contributed by atoms with E-state index < -0.39 is 0 Å². The Morgan fingerprint density at radius 2 is 1.65 bits per heavy atom. The second-order valence-corrected chi connectivity index (χ2v) is 5.81. The molecule has 1 aliphatic heterocycles. The van der Waals surface area contributed by atoms with E-state index in [9.17, 15) is 9.59 Å². The number of hydrogen-bond acceptors (Lipinski definition) is 2. The van der Waals surface area contributed by atoms with Crippen LogP contribution < -0.4 is 5.32 Å². The molecule has 2 atom stereocenters. The molecule has 1 heterocycles. The molecule has 2 aromatic rings. The van der Waals surface area contributed by atoms with Crippen LogP contribution in [0, 0.1) is 0 Å². The number of hydrogen-bond donors (Lipinski definition) is 1. The summed E-state index contributed by atoms with van der Waals surface area (Å²) < 4.78 is 0. The van der Waals surface area contributed by atoms with Gasteiger partial charge in [0.15, 0.2) is 0 Å². The summed E-state index contributed by atoms with van der Waals surface area (Å²) in [6.45, 7) is 2.58. The Labute approximate surface area is 136 Å². The second-order valence-electron chi connectivity index (χ2n) is 5.81. The average molecular weight is 308 g/mol. The van der Waals surface area contributed by atoms with Gasteiger partial charge in [0.2, 0.25) is 5.91 Å². The minimum atomic E-state index is -0.367. The number of carbonyl (C=O) groups is 2. The minimum Gasteiger partial charge on any atom is -0.348 e. The number of amides is 2. The summed E-state index contributed by atoms with van der Waals surface area (Å²) in [5, 5.41) is 3.00. The van der Waals surface area contributed by atoms with Gasteiger partial charge in [-0.15, -0.1) is 0 Å². The van der Waals surface area contributed by atoms with Gasteiger partial charge in [-0.05, 0) is 31.0 Å². The van der Waals surface area contributed by atoms with Crippen LogP contribution in [-0.2, 0) is 4.79 Å². The van der Waals surface area contributed by atoms with Gasteiger partial charge in [0.1, 0.15) is 6.04 Å². The van der Waals surface area contributed by atoms with E-state index in [1.165, 1.54) is 0 Å². The topological polar surface area (TPSA) is 49.4 Å². The maximum Gasteiger partial charge on any atom is 0.254 e. The number of carbonyl (C=O) groups excluding carboxylic acids is 2. The highest BCUT2D eigenvalue weighted by Gasteiger charge is 2.38. The van der Waals surface area contributed by atoms with Gasteiger partial charge in [-0.25, -0.2) is 0 Å². The lowest BCUT2D eigenvalue weighted by Crippen LogP contribution is -2.58. The Bertz CT molecular complexity index is 685. The van der Waals surface area contributed by atoms with Crippen LogP contribution in [0.4, 0.5) is 0 Å². The lowest BCUT2D eigenvalue weighted by Gasteiger charge is -2.40. The van der Waals surface area contributed by atoms with E-state index >= 15 is 0 Å². The molecular weight excluding hydrogens is 288 g/mol. The minimum absolute atomic E-state index is 0.0713. The molecule has 23 heavy (non-hydrogen) atoms. The molecule has 0 bridgehead atoms. The maximum atomic E-state index is 12.5. The predicted molar refractivity (Wildman–Crippen MR) is 88.9 cm³/mol. The third-order valence-electron chi connectivity index (χ3n) is 4.26. The third kappa shape index (κ3) is 3.26. The average Bonchev–Trinajstić information content (AvgIpc) is 2.55. The maximum absolute atomic E-state index is 12.5. The van der Waals surface area contributed by atoms with Crippen molar-refractivity contribution in [1.29, 1.82) is 0 Å². The van der Waals surface area contributed by atoms with E-state index in [0.29, 0.717) is 18.5 Å². The predicted octanol–water partition coefficient (Wildman–Crippen LogP) is 2.78. The van der Waals surface area contributed by atoms with Crippen molar-refractivity contribution < 1.29 is 9.59 Å². The fourth-order valence-electron chi connectivity index (χ4n) is 2.78. The van der Waals surface area contributed by atoms with Gasteiger partial charge < -0.3 is 10.2 Å². The van der Waals surface area contributed by atoms with Crippen molar-refractivity contribution in [2.24, 2.45) is 0 Å². The van der Waals surface area contributed by atoms with Gasteiger partial charge in [-0.3, -0.25) is 9.59 Å². The molecule has 0 radical (unpaired) electrons. The molecule has 4 heteroatoms. The van der Waals surface area contributed by atoms with Crippen molar-refractivity contribution in [1.82, 2.24) is 10.2 Å². The van der Waals surface area contributed by atoms with Crippen LogP contribution in [0.5, 0.6) is 0 Å². The third-order valence-corrected chi connectivity index (χ3v) is 4.26. The molecular formula is C19H20N2O2. The molecule has 2 amide bonds. The van der Waals surface area contributed by atoms with E-state index in [1.54, 1.807) is 17.0 Å². The quantitative estimate of drug-likeness (QED) is 0.944. The van der Waals surface area contributed by atoms with Crippen LogP contribution in [0.1, 0.15) is 35.3 Å². The fraction of sp³-hybridized carbons (Fsp3) is 0.263. The molecule has 1 fully saturated rings. The van der Waals surface area contributed by atoms with E-state index in [4.69, 9.17) is 0 Å². The van der Waals surface area contributed by atoms with Crippen molar-refractivity contribution in [3.05, 3.63) is 71.8 Å². The number of benzene rings is 2. The van der Waals surface area contributed by atoms with Crippen LogP contribution in [-0.4, -0.2) is 29.3 Å². The van der Waals surface area contributed by atoms with Gasteiger partial charge in [-0.2, -0.15) is 0 Å². The standard InChI is InChI=1S/C19H20N2O2/c1-14(15-8-4-2-5-9-15)20-18(22)17-12-13-21(17)19(23)16-10-6-3-7-11-16/h2-11,14,17H,12-13H2,1H3,(H,20,22). The first-order valence-electron chi connectivity index (χ1n) is 7.88. The monoisotopic (exact) mass is 308 g/mol. The summed E-state index contributed by atoms with van der Waals surface area (Å²) in [6, 6.07) is 18.5.